The number of pyridine rings is 1. The molecular formula is C28H30N3+. The van der Waals surface area contributed by atoms with Gasteiger partial charge in [-0.2, -0.15) is 0 Å². The van der Waals surface area contributed by atoms with E-state index in [1.807, 2.05) is 0 Å². The Morgan fingerprint density at radius 2 is 1.87 bits per heavy atom. The van der Waals surface area contributed by atoms with E-state index in [0.717, 1.165) is 23.7 Å². The summed E-state index contributed by atoms with van der Waals surface area (Å²) < 4.78 is 4.63. The molecule has 0 radical (unpaired) electrons. The number of hydrogen-bond acceptors (Lipinski definition) is 1. The lowest BCUT2D eigenvalue weighted by Crippen LogP contribution is -2.31. The number of hydrogen-bond donors (Lipinski definition) is 0. The fraction of sp³-hybridized carbons (Fsp3) is 0.357. The molecule has 31 heavy (non-hydrogen) atoms. The fourth-order valence-electron chi connectivity index (χ4n) is 5.73. The van der Waals surface area contributed by atoms with Crippen LogP contribution < -0.4 is 4.57 Å². The zero-order valence-electron chi connectivity index (χ0n) is 18.6. The third-order valence-corrected chi connectivity index (χ3v) is 7.38. The SMILES string of the molecule is Cc1cc2c(cc1-c1cc(CC3CCCCC3)cc[n+]1C)Cc1nc3ccccc3n1-2. The molecule has 1 aliphatic heterocycles. The van der Waals surface area contributed by atoms with E-state index in [1.54, 1.807) is 0 Å². The van der Waals surface area contributed by atoms with Crippen molar-refractivity contribution >= 4 is 11.0 Å². The maximum absolute atomic E-state index is 4.89. The van der Waals surface area contributed by atoms with Crippen molar-refractivity contribution in [2.45, 2.75) is 51.9 Å². The largest absolute Gasteiger partial charge is 0.296 e. The molecule has 0 bridgehead atoms. The minimum absolute atomic E-state index is 0.862. The van der Waals surface area contributed by atoms with E-state index in [9.17, 15) is 0 Å². The lowest BCUT2D eigenvalue weighted by Gasteiger charge is -2.21. The highest BCUT2D eigenvalue weighted by Crippen LogP contribution is 2.36. The van der Waals surface area contributed by atoms with Crippen LogP contribution in [0.1, 0.15) is 54.6 Å². The molecule has 2 aromatic carbocycles. The van der Waals surface area contributed by atoms with E-state index in [2.05, 4.69) is 77.8 Å². The van der Waals surface area contributed by atoms with Crippen LogP contribution in [0.4, 0.5) is 0 Å². The summed E-state index contributed by atoms with van der Waals surface area (Å²) in [5, 5.41) is 0. The molecule has 3 nitrogen and oxygen atoms in total. The number of nitrogens with zero attached hydrogens (tertiary/aromatic N) is 3. The summed E-state index contributed by atoms with van der Waals surface area (Å²) in [6.45, 7) is 2.25. The van der Waals surface area contributed by atoms with Gasteiger partial charge in [0.1, 0.15) is 12.9 Å². The highest BCUT2D eigenvalue weighted by molar-refractivity contribution is 5.81. The van der Waals surface area contributed by atoms with E-state index in [0.29, 0.717) is 0 Å². The lowest BCUT2D eigenvalue weighted by molar-refractivity contribution is -0.660. The molecule has 0 saturated heterocycles. The van der Waals surface area contributed by atoms with Crippen molar-refractivity contribution in [3.8, 4) is 16.9 Å². The van der Waals surface area contributed by atoms with Crippen molar-refractivity contribution in [1.82, 2.24) is 9.55 Å². The van der Waals surface area contributed by atoms with Gasteiger partial charge in [0, 0.05) is 24.1 Å². The molecule has 6 rings (SSSR count). The van der Waals surface area contributed by atoms with Gasteiger partial charge in [0.2, 0.25) is 5.69 Å². The van der Waals surface area contributed by atoms with Gasteiger partial charge in [-0.15, -0.1) is 0 Å². The molecule has 4 aromatic rings. The predicted molar refractivity (Wildman–Crippen MR) is 126 cm³/mol. The van der Waals surface area contributed by atoms with Gasteiger partial charge >= 0.3 is 0 Å². The van der Waals surface area contributed by atoms with Crippen molar-refractivity contribution in [1.29, 1.82) is 0 Å². The van der Waals surface area contributed by atoms with E-state index >= 15 is 0 Å². The first-order chi connectivity index (χ1) is 15.2. The van der Waals surface area contributed by atoms with Crippen LogP contribution in [0.3, 0.4) is 0 Å². The second-order valence-electron chi connectivity index (χ2n) is 9.56. The summed E-state index contributed by atoms with van der Waals surface area (Å²) in [6.07, 6.45) is 11.4. The van der Waals surface area contributed by atoms with E-state index in [-0.39, 0.29) is 0 Å². The average molecular weight is 409 g/mol. The Morgan fingerprint density at radius 1 is 1.03 bits per heavy atom. The average Bonchev–Trinajstić information content (AvgIpc) is 3.31. The van der Waals surface area contributed by atoms with Crippen molar-refractivity contribution in [3.05, 3.63) is 77.2 Å². The van der Waals surface area contributed by atoms with Crippen LogP contribution in [0.2, 0.25) is 0 Å². The molecule has 0 atom stereocenters. The number of imidazole rings is 1. The lowest BCUT2D eigenvalue weighted by atomic mass is 9.85. The van der Waals surface area contributed by atoms with Crippen molar-refractivity contribution < 1.29 is 4.57 Å². The molecule has 3 heterocycles. The number of para-hydroxylation sites is 2. The molecule has 0 unspecified atom stereocenters. The second-order valence-corrected chi connectivity index (χ2v) is 9.56. The fourth-order valence-corrected chi connectivity index (χ4v) is 5.73. The zero-order valence-corrected chi connectivity index (χ0v) is 18.6. The van der Waals surface area contributed by atoms with E-state index < -0.39 is 0 Å². The van der Waals surface area contributed by atoms with Gasteiger partial charge in [-0.3, -0.25) is 4.57 Å². The second kappa shape index (κ2) is 7.33. The molecule has 1 aliphatic carbocycles. The highest BCUT2D eigenvalue weighted by atomic mass is 15.1. The summed E-state index contributed by atoms with van der Waals surface area (Å²) in [7, 11) is 2.17. The first-order valence-electron chi connectivity index (χ1n) is 11.8. The number of aromatic nitrogens is 3. The third kappa shape index (κ3) is 3.18. The smallest absolute Gasteiger partial charge is 0.212 e. The van der Waals surface area contributed by atoms with Gasteiger partial charge in [-0.1, -0.05) is 44.2 Å². The first kappa shape index (κ1) is 18.8. The van der Waals surface area contributed by atoms with Gasteiger partial charge in [0.25, 0.3) is 0 Å². The summed E-state index contributed by atoms with van der Waals surface area (Å²) in [6, 6.07) is 18.0. The zero-order chi connectivity index (χ0) is 20.9. The van der Waals surface area contributed by atoms with Crippen molar-refractivity contribution in [2.24, 2.45) is 13.0 Å². The molecule has 2 aromatic heterocycles. The van der Waals surface area contributed by atoms with Crippen LogP contribution in [0, 0.1) is 12.8 Å². The maximum atomic E-state index is 4.89. The summed E-state index contributed by atoms with van der Waals surface area (Å²) in [5.74, 6) is 2.02. The molecule has 1 saturated carbocycles. The summed E-state index contributed by atoms with van der Waals surface area (Å²) >= 11 is 0. The Labute approximate surface area is 184 Å². The van der Waals surface area contributed by atoms with Crippen LogP contribution in [0.15, 0.2) is 54.7 Å². The molecule has 3 heteroatoms. The monoisotopic (exact) mass is 408 g/mol. The van der Waals surface area contributed by atoms with Gasteiger partial charge in [-0.05, 0) is 60.2 Å². The minimum atomic E-state index is 0.862. The summed E-state index contributed by atoms with van der Waals surface area (Å²) in [5.41, 5.74) is 10.5. The number of aryl methyl sites for hydroxylation is 2. The molecule has 156 valence electrons. The Kier molecular flexibility index (Phi) is 4.45. The predicted octanol–water partition coefficient (Wildman–Crippen LogP) is 5.85. The number of fused-ring (bicyclic) bond motifs is 5. The van der Waals surface area contributed by atoms with Crippen LogP contribution in [-0.4, -0.2) is 9.55 Å². The van der Waals surface area contributed by atoms with Crippen molar-refractivity contribution in [2.75, 3.05) is 0 Å². The van der Waals surface area contributed by atoms with Crippen molar-refractivity contribution in [3.63, 3.8) is 0 Å². The highest BCUT2D eigenvalue weighted by Gasteiger charge is 2.25. The van der Waals surface area contributed by atoms with Crippen LogP contribution >= 0.6 is 0 Å². The van der Waals surface area contributed by atoms with Gasteiger partial charge in [0.05, 0.1) is 16.7 Å². The quantitative estimate of drug-likeness (QED) is 0.343. The van der Waals surface area contributed by atoms with E-state index in [1.165, 1.54) is 77.7 Å². The number of rotatable bonds is 3. The van der Waals surface area contributed by atoms with Crippen LogP contribution in [-0.2, 0) is 19.9 Å². The molecule has 0 amide bonds. The molecule has 0 spiro atoms. The van der Waals surface area contributed by atoms with Crippen LogP contribution in [0.5, 0.6) is 0 Å². The van der Waals surface area contributed by atoms with Gasteiger partial charge in [0.15, 0.2) is 6.20 Å². The summed E-state index contributed by atoms with van der Waals surface area (Å²) in [4.78, 5) is 4.89. The maximum Gasteiger partial charge on any atom is 0.212 e. The van der Waals surface area contributed by atoms with Gasteiger partial charge < -0.3 is 0 Å². The standard InChI is InChI=1S/C28H30N3/c1-19-14-26-22(18-28-29-24-10-6-7-11-25(24)31(26)28)17-23(19)27-16-21(12-13-30(27)2)15-20-8-4-3-5-9-20/h6-7,10-14,16-17,20H,3-5,8-9,15,18H2,1-2H3/q+1. The van der Waals surface area contributed by atoms with E-state index in [4.69, 9.17) is 4.98 Å². The van der Waals surface area contributed by atoms with Gasteiger partial charge in [-0.25, -0.2) is 9.55 Å². The molecule has 0 N–H and O–H groups in total. The van der Waals surface area contributed by atoms with Crippen LogP contribution in [0.25, 0.3) is 28.0 Å². The normalized spacial score (nSPS) is 15.9. The number of benzene rings is 2. The molecule has 2 aliphatic rings. The molecule has 1 fully saturated rings. The Hall–Kier alpha value is -2.94. The molecular weight excluding hydrogens is 378 g/mol. The first-order valence-corrected chi connectivity index (χ1v) is 11.8. The Balaban J connectivity index is 1.39. The Morgan fingerprint density at radius 3 is 2.74 bits per heavy atom. The minimum Gasteiger partial charge on any atom is -0.296 e. The topological polar surface area (TPSA) is 21.7 Å². The Bertz CT molecular complexity index is 1290. The third-order valence-electron chi connectivity index (χ3n) is 7.38.